The minimum Gasteiger partial charge on any atom is -0.375 e. The molecular weight excluding hydrogens is 302 g/mol. The van der Waals surface area contributed by atoms with Crippen LogP contribution in [0.15, 0.2) is 24.1 Å². The predicted octanol–water partition coefficient (Wildman–Crippen LogP) is 0.659. The average molecular weight is 321 g/mol. The summed E-state index contributed by atoms with van der Waals surface area (Å²) >= 11 is 1.66. The number of carbonyl (C=O) groups excluding carboxylic acids is 1. The van der Waals surface area contributed by atoms with Crippen LogP contribution in [-0.4, -0.2) is 52.1 Å². The lowest BCUT2D eigenvalue weighted by Gasteiger charge is -2.34. The van der Waals surface area contributed by atoms with Crippen molar-refractivity contribution in [1.29, 1.82) is 0 Å². The van der Waals surface area contributed by atoms with Crippen molar-refractivity contribution < 1.29 is 9.53 Å². The molecule has 0 saturated carbocycles. The summed E-state index contributed by atoms with van der Waals surface area (Å²) in [4.78, 5) is 22.5. The first-order valence-corrected chi connectivity index (χ1v) is 8.01. The van der Waals surface area contributed by atoms with Gasteiger partial charge in [-0.15, -0.1) is 11.3 Å². The molecule has 22 heavy (non-hydrogen) atoms. The van der Waals surface area contributed by atoms with E-state index in [4.69, 9.17) is 4.74 Å². The maximum absolute atomic E-state index is 11.6. The summed E-state index contributed by atoms with van der Waals surface area (Å²) in [6.45, 7) is 3.19. The highest BCUT2D eigenvalue weighted by Gasteiger charge is 2.25. The minimum atomic E-state index is -0.0961. The topological polar surface area (TPSA) is 72.3 Å². The fraction of sp³-hybridized carbons (Fsp3) is 0.500. The van der Waals surface area contributed by atoms with Gasteiger partial charge in [0.1, 0.15) is 11.6 Å². The lowest BCUT2D eigenvalue weighted by atomic mass is 10.2. The largest absolute Gasteiger partial charge is 0.375 e. The second kappa shape index (κ2) is 6.99. The van der Waals surface area contributed by atoms with Crippen molar-refractivity contribution >= 4 is 17.2 Å². The molecule has 0 saturated heterocycles. The van der Waals surface area contributed by atoms with Gasteiger partial charge in [0.15, 0.2) is 0 Å². The number of rotatable bonds is 6. The Morgan fingerprint density at radius 2 is 2.50 bits per heavy atom. The van der Waals surface area contributed by atoms with Crippen LogP contribution in [0.3, 0.4) is 0 Å². The van der Waals surface area contributed by atoms with Crippen LogP contribution in [0.2, 0.25) is 0 Å². The highest BCUT2D eigenvalue weighted by Crippen LogP contribution is 2.22. The zero-order chi connectivity index (χ0) is 15.4. The molecule has 2 aromatic rings. The average Bonchev–Trinajstić information content (AvgIpc) is 3.16. The van der Waals surface area contributed by atoms with Crippen molar-refractivity contribution in [3.63, 3.8) is 0 Å². The third-order valence-corrected chi connectivity index (χ3v) is 4.41. The summed E-state index contributed by atoms with van der Waals surface area (Å²) < 4.78 is 6.99. The smallest absolute Gasteiger partial charge is 0.246 e. The van der Waals surface area contributed by atoms with Crippen LogP contribution >= 0.6 is 11.3 Å². The number of hydrogen-bond donors (Lipinski definition) is 1. The Morgan fingerprint density at radius 3 is 3.27 bits per heavy atom. The van der Waals surface area contributed by atoms with Gasteiger partial charge in [-0.3, -0.25) is 9.69 Å². The van der Waals surface area contributed by atoms with Gasteiger partial charge in [0.2, 0.25) is 5.91 Å². The van der Waals surface area contributed by atoms with Gasteiger partial charge in [0.25, 0.3) is 0 Å². The number of ether oxygens (including phenoxy) is 1. The molecule has 2 aromatic heterocycles. The number of nitrogens with zero attached hydrogens (tertiary/aromatic N) is 4. The molecule has 1 aliphatic heterocycles. The van der Waals surface area contributed by atoms with Gasteiger partial charge in [0.05, 0.1) is 24.6 Å². The molecule has 0 unspecified atom stereocenters. The summed E-state index contributed by atoms with van der Waals surface area (Å²) in [5, 5.41) is 6.01. The van der Waals surface area contributed by atoms with Crippen LogP contribution in [-0.2, 0) is 22.6 Å². The van der Waals surface area contributed by atoms with Gasteiger partial charge in [-0.25, -0.2) is 9.97 Å². The molecule has 1 N–H and O–H groups in total. The van der Waals surface area contributed by atoms with Crippen molar-refractivity contribution in [3.8, 4) is 0 Å². The van der Waals surface area contributed by atoms with E-state index in [-0.39, 0.29) is 18.6 Å². The second-order valence-corrected chi connectivity index (χ2v) is 6.26. The molecule has 7 nitrogen and oxygen atoms in total. The Bertz CT molecular complexity index is 613. The third kappa shape index (κ3) is 3.52. The molecule has 0 spiro atoms. The summed E-state index contributed by atoms with van der Waals surface area (Å²) in [5.41, 5.74) is 1.16. The molecular formula is C14H19N5O2S. The molecule has 0 aromatic carbocycles. The van der Waals surface area contributed by atoms with Crippen LogP contribution in [0.25, 0.3) is 0 Å². The van der Waals surface area contributed by atoms with Crippen LogP contribution in [0.5, 0.6) is 0 Å². The Morgan fingerprint density at radius 1 is 1.59 bits per heavy atom. The molecule has 0 aliphatic carbocycles. The first-order chi connectivity index (χ1) is 10.8. The monoisotopic (exact) mass is 321 g/mol. The van der Waals surface area contributed by atoms with Gasteiger partial charge in [-0.1, -0.05) is 0 Å². The van der Waals surface area contributed by atoms with Crippen molar-refractivity contribution in [3.05, 3.63) is 34.8 Å². The number of methoxy groups -OCH3 is 1. The molecule has 1 amide bonds. The first kappa shape index (κ1) is 15.1. The van der Waals surface area contributed by atoms with E-state index in [0.29, 0.717) is 6.54 Å². The number of amides is 1. The Hall–Kier alpha value is -1.77. The fourth-order valence-electron chi connectivity index (χ4n) is 2.68. The van der Waals surface area contributed by atoms with Gasteiger partial charge in [-0.05, 0) is 0 Å². The number of hydrogen-bond acceptors (Lipinski definition) is 6. The first-order valence-electron chi connectivity index (χ1n) is 7.13. The quantitative estimate of drug-likeness (QED) is 0.846. The van der Waals surface area contributed by atoms with E-state index in [1.807, 2.05) is 24.1 Å². The number of carbonyl (C=O) groups is 1. The van der Waals surface area contributed by atoms with Crippen LogP contribution < -0.4 is 5.32 Å². The van der Waals surface area contributed by atoms with E-state index in [1.165, 1.54) is 7.11 Å². The Labute approximate surface area is 132 Å². The van der Waals surface area contributed by atoms with E-state index in [1.54, 1.807) is 11.3 Å². The number of nitrogens with one attached hydrogen (secondary N) is 1. The van der Waals surface area contributed by atoms with Crippen molar-refractivity contribution in [2.24, 2.45) is 0 Å². The molecule has 3 rings (SSSR count). The lowest BCUT2D eigenvalue weighted by molar-refractivity contribution is -0.124. The standard InChI is InChI=1S/C14H19N5O2S/c1-21-9-13(20)17-5-12-7-18(8-14-16-2-3-22-14)6-11-4-15-10-19(11)12/h2-4,10,12H,5-9H2,1H3,(H,17,20)/t12-/m0/s1. The molecule has 8 heteroatoms. The number of thiazole rings is 1. The van der Waals surface area contributed by atoms with E-state index in [0.717, 1.165) is 30.3 Å². The summed E-state index contributed by atoms with van der Waals surface area (Å²) in [7, 11) is 1.52. The van der Waals surface area contributed by atoms with Crippen molar-refractivity contribution in [2.75, 3.05) is 26.8 Å². The third-order valence-electron chi connectivity index (χ3n) is 3.65. The van der Waals surface area contributed by atoms with E-state index < -0.39 is 0 Å². The minimum absolute atomic E-state index is 0.0896. The Kier molecular flexibility index (Phi) is 4.81. The molecule has 0 fully saturated rings. The number of fused-ring (bicyclic) bond motifs is 1. The van der Waals surface area contributed by atoms with E-state index in [2.05, 4.69) is 24.8 Å². The van der Waals surface area contributed by atoms with Gasteiger partial charge >= 0.3 is 0 Å². The van der Waals surface area contributed by atoms with Crippen LogP contribution in [0, 0.1) is 0 Å². The molecule has 1 aliphatic rings. The van der Waals surface area contributed by atoms with Crippen LogP contribution in [0.1, 0.15) is 16.7 Å². The summed E-state index contributed by atoms with van der Waals surface area (Å²) in [5.74, 6) is -0.0961. The van der Waals surface area contributed by atoms with E-state index in [9.17, 15) is 4.79 Å². The molecule has 3 heterocycles. The zero-order valence-corrected chi connectivity index (χ0v) is 13.3. The van der Waals surface area contributed by atoms with Crippen LogP contribution in [0.4, 0.5) is 0 Å². The van der Waals surface area contributed by atoms with Gasteiger partial charge in [-0.2, -0.15) is 0 Å². The SMILES string of the molecule is COCC(=O)NC[C@H]1CN(Cc2nccs2)Cc2cncn21. The second-order valence-electron chi connectivity index (χ2n) is 5.28. The number of aromatic nitrogens is 3. The Balaban J connectivity index is 1.65. The molecule has 0 bridgehead atoms. The van der Waals surface area contributed by atoms with Gasteiger partial charge in [0, 0.05) is 44.5 Å². The normalized spacial score (nSPS) is 18.1. The maximum Gasteiger partial charge on any atom is 0.246 e. The molecule has 0 radical (unpaired) electrons. The lowest BCUT2D eigenvalue weighted by Crippen LogP contribution is -2.42. The van der Waals surface area contributed by atoms with Gasteiger partial charge < -0.3 is 14.6 Å². The maximum atomic E-state index is 11.6. The number of imidazole rings is 1. The van der Waals surface area contributed by atoms with E-state index >= 15 is 0 Å². The molecule has 1 atom stereocenters. The predicted molar refractivity (Wildman–Crippen MR) is 82.4 cm³/mol. The van der Waals surface area contributed by atoms with Crippen molar-refractivity contribution in [2.45, 2.75) is 19.1 Å². The zero-order valence-electron chi connectivity index (χ0n) is 12.4. The highest BCUT2D eigenvalue weighted by atomic mass is 32.1. The summed E-state index contributed by atoms with van der Waals surface area (Å²) in [6.07, 6.45) is 5.55. The summed E-state index contributed by atoms with van der Waals surface area (Å²) in [6, 6.07) is 0.173. The fourth-order valence-corrected chi connectivity index (χ4v) is 3.34. The molecule has 118 valence electrons. The van der Waals surface area contributed by atoms with Crippen molar-refractivity contribution in [1.82, 2.24) is 24.8 Å². The highest BCUT2D eigenvalue weighted by molar-refractivity contribution is 7.09.